The second-order valence-corrected chi connectivity index (χ2v) is 10.4. The first-order valence-corrected chi connectivity index (χ1v) is 12.4. The van der Waals surface area contributed by atoms with Crippen LogP contribution < -0.4 is 4.90 Å². The lowest BCUT2D eigenvalue weighted by atomic mass is 9.84. The number of ether oxygens (including phenoxy) is 1. The molecule has 1 saturated heterocycles. The van der Waals surface area contributed by atoms with Gasteiger partial charge in [0.15, 0.2) is 0 Å². The smallest absolute Gasteiger partial charge is 0.324 e. The van der Waals surface area contributed by atoms with Crippen molar-refractivity contribution in [1.29, 1.82) is 0 Å². The Kier molecular flexibility index (Phi) is 5.90. The minimum absolute atomic E-state index is 0.0216. The molecule has 2 atom stereocenters. The summed E-state index contributed by atoms with van der Waals surface area (Å²) in [7, 11) is -3.83. The van der Waals surface area contributed by atoms with Gasteiger partial charge in [0, 0.05) is 24.2 Å². The zero-order valence-electron chi connectivity index (χ0n) is 17.7. The van der Waals surface area contributed by atoms with Crippen LogP contribution in [0.4, 0.5) is 5.69 Å². The number of anilines is 1. The number of fused-ring (bicyclic) bond motifs is 1. The quantitative estimate of drug-likeness (QED) is 0.666. The van der Waals surface area contributed by atoms with Gasteiger partial charge in [0.25, 0.3) is 0 Å². The summed E-state index contributed by atoms with van der Waals surface area (Å²) in [6.45, 7) is 4.26. The molecule has 0 unspecified atom stereocenters. The van der Waals surface area contributed by atoms with Crippen LogP contribution in [0, 0.1) is 5.92 Å². The Morgan fingerprint density at radius 1 is 1.13 bits per heavy atom. The van der Waals surface area contributed by atoms with Crippen LogP contribution in [0.2, 0.25) is 0 Å². The minimum atomic E-state index is -3.83. The predicted molar refractivity (Wildman–Crippen MR) is 113 cm³/mol. The zero-order valence-corrected chi connectivity index (χ0v) is 18.5. The average molecular weight is 435 g/mol. The molecule has 1 amide bonds. The number of hydrogen-bond acceptors (Lipinski definition) is 5. The van der Waals surface area contributed by atoms with Crippen molar-refractivity contribution in [2.75, 3.05) is 18.1 Å². The van der Waals surface area contributed by atoms with Gasteiger partial charge in [0.05, 0.1) is 11.5 Å². The topological polar surface area (TPSA) is 84.0 Å². The predicted octanol–water partition coefficient (Wildman–Crippen LogP) is 2.87. The van der Waals surface area contributed by atoms with Gasteiger partial charge in [-0.1, -0.05) is 6.42 Å². The van der Waals surface area contributed by atoms with Gasteiger partial charge in [0.2, 0.25) is 15.9 Å². The lowest BCUT2D eigenvalue weighted by molar-refractivity contribution is -0.148. The number of esters is 1. The number of rotatable bonds is 5. The normalized spacial score (nSPS) is 24.9. The SMILES string of the molecule is CCOC(=O)[C@H]1CCCCN1S(=O)(=O)c1ccc2c(c1)C[C@H](C)N2C(=O)C1CCC1. The largest absolute Gasteiger partial charge is 0.465 e. The number of sulfonamides is 1. The van der Waals surface area contributed by atoms with Crippen LogP contribution in [-0.2, 0) is 30.8 Å². The number of benzene rings is 1. The van der Waals surface area contributed by atoms with Crippen molar-refractivity contribution in [3.8, 4) is 0 Å². The van der Waals surface area contributed by atoms with Crippen molar-refractivity contribution in [2.45, 2.75) is 75.8 Å². The lowest BCUT2D eigenvalue weighted by Crippen LogP contribution is -2.48. The molecule has 3 aliphatic rings. The molecule has 0 radical (unpaired) electrons. The van der Waals surface area contributed by atoms with Crippen LogP contribution in [0.3, 0.4) is 0 Å². The minimum Gasteiger partial charge on any atom is -0.465 e. The highest BCUT2D eigenvalue weighted by atomic mass is 32.2. The molecular formula is C22H30N2O5S. The maximum Gasteiger partial charge on any atom is 0.324 e. The standard InChI is InChI=1S/C22H30N2O5S/c1-3-29-22(26)20-9-4-5-12-23(20)30(27,28)18-10-11-19-17(14-18)13-15(2)24(19)21(25)16-7-6-8-16/h10-11,14-16,20H,3-9,12-13H2,1-2H3/t15-,20+/m0/s1. The number of amides is 1. The Bertz CT molecular complexity index is 941. The van der Waals surface area contributed by atoms with E-state index >= 15 is 0 Å². The lowest BCUT2D eigenvalue weighted by Gasteiger charge is -2.33. The summed E-state index contributed by atoms with van der Waals surface area (Å²) in [5.41, 5.74) is 1.69. The van der Waals surface area contributed by atoms with E-state index in [0.29, 0.717) is 19.4 Å². The van der Waals surface area contributed by atoms with E-state index in [2.05, 4.69) is 0 Å². The Balaban J connectivity index is 1.62. The van der Waals surface area contributed by atoms with Gasteiger partial charge in [-0.25, -0.2) is 8.42 Å². The van der Waals surface area contributed by atoms with Crippen LogP contribution in [0.1, 0.15) is 57.9 Å². The first-order valence-electron chi connectivity index (χ1n) is 11.0. The fourth-order valence-electron chi connectivity index (χ4n) is 4.76. The number of nitrogens with zero attached hydrogens (tertiary/aromatic N) is 2. The summed E-state index contributed by atoms with van der Waals surface area (Å²) in [5, 5.41) is 0. The fourth-order valence-corrected chi connectivity index (χ4v) is 6.46. The highest BCUT2D eigenvalue weighted by molar-refractivity contribution is 7.89. The molecule has 4 rings (SSSR count). The first-order chi connectivity index (χ1) is 14.3. The van der Waals surface area contributed by atoms with E-state index in [-0.39, 0.29) is 29.4 Å². The molecule has 0 bridgehead atoms. The number of piperidine rings is 1. The van der Waals surface area contributed by atoms with Crippen LogP contribution >= 0.6 is 0 Å². The molecular weight excluding hydrogens is 404 g/mol. The summed E-state index contributed by atoms with van der Waals surface area (Å²) in [6, 6.07) is 4.27. The van der Waals surface area contributed by atoms with Gasteiger partial charge >= 0.3 is 5.97 Å². The van der Waals surface area contributed by atoms with E-state index in [9.17, 15) is 18.0 Å². The van der Waals surface area contributed by atoms with Gasteiger partial charge < -0.3 is 9.64 Å². The van der Waals surface area contributed by atoms with E-state index in [1.165, 1.54) is 4.31 Å². The first kappa shape index (κ1) is 21.3. The molecule has 0 spiro atoms. The van der Waals surface area contributed by atoms with Gasteiger partial charge in [-0.15, -0.1) is 0 Å². The monoisotopic (exact) mass is 434 g/mol. The van der Waals surface area contributed by atoms with E-state index in [4.69, 9.17) is 4.74 Å². The van der Waals surface area contributed by atoms with Crippen molar-refractivity contribution in [3.63, 3.8) is 0 Å². The molecule has 2 fully saturated rings. The van der Waals surface area contributed by atoms with Crippen molar-refractivity contribution in [1.82, 2.24) is 4.31 Å². The van der Waals surface area contributed by atoms with Crippen molar-refractivity contribution >= 4 is 27.6 Å². The second-order valence-electron chi connectivity index (χ2n) is 8.56. The van der Waals surface area contributed by atoms with E-state index < -0.39 is 22.0 Å². The van der Waals surface area contributed by atoms with Gasteiger partial charge in [-0.05, 0) is 76.1 Å². The number of carbonyl (C=O) groups excluding carboxylic acids is 2. The van der Waals surface area contributed by atoms with Crippen molar-refractivity contribution < 1.29 is 22.7 Å². The van der Waals surface area contributed by atoms with Gasteiger partial charge in [-0.3, -0.25) is 9.59 Å². The van der Waals surface area contributed by atoms with Crippen LogP contribution in [-0.4, -0.2) is 49.8 Å². The molecule has 30 heavy (non-hydrogen) atoms. The molecule has 164 valence electrons. The summed E-state index contributed by atoms with van der Waals surface area (Å²) in [5.74, 6) is -0.227. The Hall–Kier alpha value is -1.93. The third kappa shape index (κ3) is 3.64. The summed E-state index contributed by atoms with van der Waals surface area (Å²) >= 11 is 0. The van der Waals surface area contributed by atoms with E-state index in [1.54, 1.807) is 25.1 Å². The molecule has 0 N–H and O–H groups in total. The van der Waals surface area contributed by atoms with Crippen LogP contribution in [0.15, 0.2) is 23.1 Å². The molecule has 2 aliphatic heterocycles. The van der Waals surface area contributed by atoms with Gasteiger partial charge in [0.1, 0.15) is 6.04 Å². The molecule has 1 aromatic carbocycles. The molecule has 2 heterocycles. The van der Waals surface area contributed by atoms with Crippen LogP contribution in [0.5, 0.6) is 0 Å². The highest BCUT2D eigenvalue weighted by Gasteiger charge is 2.41. The van der Waals surface area contributed by atoms with Crippen molar-refractivity contribution in [2.24, 2.45) is 5.92 Å². The maximum atomic E-state index is 13.4. The van der Waals surface area contributed by atoms with Crippen LogP contribution in [0.25, 0.3) is 0 Å². The summed E-state index contributed by atoms with van der Waals surface area (Å²) < 4.78 is 33.2. The summed E-state index contributed by atoms with van der Waals surface area (Å²) in [4.78, 5) is 27.2. The number of hydrogen-bond donors (Lipinski definition) is 0. The Morgan fingerprint density at radius 2 is 1.90 bits per heavy atom. The van der Waals surface area contributed by atoms with Gasteiger partial charge in [-0.2, -0.15) is 4.31 Å². The average Bonchev–Trinajstić information content (AvgIpc) is 3.01. The fraction of sp³-hybridized carbons (Fsp3) is 0.636. The molecule has 1 aliphatic carbocycles. The van der Waals surface area contributed by atoms with Crippen molar-refractivity contribution in [3.05, 3.63) is 23.8 Å². The third-order valence-corrected chi connectivity index (χ3v) is 8.48. The highest BCUT2D eigenvalue weighted by Crippen LogP contribution is 2.39. The molecule has 1 aromatic rings. The maximum absolute atomic E-state index is 13.4. The molecule has 0 aromatic heterocycles. The molecule has 7 nitrogen and oxygen atoms in total. The zero-order chi connectivity index (χ0) is 21.5. The summed E-state index contributed by atoms with van der Waals surface area (Å²) in [6.07, 6.45) is 5.61. The number of carbonyl (C=O) groups is 2. The molecule has 8 heteroatoms. The van der Waals surface area contributed by atoms with E-state index in [1.807, 2.05) is 11.8 Å². The third-order valence-electron chi connectivity index (χ3n) is 6.58. The Labute approximate surface area is 178 Å². The molecule has 1 saturated carbocycles. The van der Waals surface area contributed by atoms with E-state index in [0.717, 1.165) is 43.4 Å². The Morgan fingerprint density at radius 3 is 2.57 bits per heavy atom. The second kappa shape index (κ2) is 8.30.